The van der Waals surface area contributed by atoms with E-state index in [0.717, 1.165) is 17.0 Å². The predicted octanol–water partition coefficient (Wildman–Crippen LogP) is 3.85. The summed E-state index contributed by atoms with van der Waals surface area (Å²) in [5.41, 5.74) is 0.814. The third-order valence-electron chi connectivity index (χ3n) is 6.02. The summed E-state index contributed by atoms with van der Waals surface area (Å²) in [5.74, 6) is -0.190. The Morgan fingerprint density at radius 1 is 1.05 bits per heavy atom. The highest BCUT2D eigenvalue weighted by Gasteiger charge is 2.33. The number of sulfonamides is 1. The number of hydrogen-bond donors (Lipinski definition) is 1. The number of carbonyl (C=O) groups excluding carboxylic acids is 2. The summed E-state index contributed by atoms with van der Waals surface area (Å²) in [6.45, 7) is 5.12. The summed E-state index contributed by atoms with van der Waals surface area (Å²) < 4.78 is 37.3. The number of benzene rings is 2. The van der Waals surface area contributed by atoms with Crippen LogP contribution in [0.15, 0.2) is 42.5 Å². The Hall–Kier alpha value is -2.98. The lowest BCUT2D eigenvalue weighted by molar-refractivity contribution is -0.140. The topological polar surface area (TPSA) is 105 Å². The number of methoxy groups -OCH3 is 2. The molecule has 0 saturated heterocycles. The molecule has 9 nitrogen and oxygen atoms in total. The standard InChI is InChI=1S/C26H36ClN3O6S/c1-7-18(3)28-26(32)22(8-2)29(16-19-11-9-10-12-21(19)27)25(31)17-30(37(6,33)34)23-14-13-20(35-4)15-24(23)36-5/h9-15,18,22H,7-8,16-17H2,1-6H3,(H,28,32)/t18-,22+/m0/s1. The molecule has 0 radical (unpaired) electrons. The fraction of sp³-hybridized carbons (Fsp3) is 0.462. The Bertz CT molecular complexity index is 1190. The van der Waals surface area contributed by atoms with Gasteiger partial charge < -0.3 is 19.7 Å². The van der Waals surface area contributed by atoms with Crippen LogP contribution in [0.2, 0.25) is 5.02 Å². The van der Waals surface area contributed by atoms with Gasteiger partial charge in [-0.25, -0.2) is 8.42 Å². The number of nitrogens with zero attached hydrogens (tertiary/aromatic N) is 2. The molecule has 0 fully saturated rings. The molecule has 2 rings (SSSR count). The van der Waals surface area contributed by atoms with Gasteiger partial charge in [-0.1, -0.05) is 43.6 Å². The van der Waals surface area contributed by atoms with Gasteiger partial charge in [0.15, 0.2) is 0 Å². The van der Waals surface area contributed by atoms with Gasteiger partial charge in [0, 0.05) is 23.7 Å². The van der Waals surface area contributed by atoms with Crippen LogP contribution in [-0.4, -0.2) is 64.2 Å². The summed E-state index contributed by atoms with van der Waals surface area (Å²) in [6.07, 6.45) is 2.05. The zero-order chi connectivity index (χ0) is 27.8. The van der Waals surface area contributed by atoms with Gasteiger partial charge in [-0.05, 0) is 43.5 Å². The SMILES string of the molecule is CC[C@H](C(=O)N[C@@H](C)CC)N(Cc1ccccc1Cl)C(=O)CN(c1ccc(OC)cc1OC)S(C)(=O)=O. The van der Waals surface area contributed by atoms with Gasteiger partial charge in [0.2, 0.25) is 21.8 Å². The van der Waals surface area contributed by atoms with Crippen molar-refractivity contribution in [1.82, 2.24) is 10.2 Å². The van der Waals surface area contributed by atoms with Gasteiger partial charge in [0.1, 0.15) is 24.1 Å². The number of carbonyl (C=O) groups is 2. The zero-order valence-corrected chi connectivity index (χ0v) is 23.7. The smallest absolute Gasteiger partial charge is 0.244 e. The van der Waals surface area contributed by atoms with Crippen molar-refractivity contribution in [3.63, 3.8) is 0 Å². The summed E-state index contributed by atoms with van der Waals surface area (Å²) in [6, 6.07) is 10.7. The molecule has 0 saturated carbocycles. The minimum Gasteiger partial charge on any atom is -0.497 e. The van der Waals surface area contributed by atoms with Crippen molar-refractivity contribution < 1.29 is 27.5 Å². The molecule has 2 amide bonds. The largest absolute Gasteiger partial charge is 0.497 e. The van der Waals surface area contributed by atoms with E-state index < -0.39 is 28.5 Å². The number of rotatable bonds is 13. The van der Waals surface area contributed by atoms with E-state index in [2.05, 4.69) is 5.32 Å². The normalized spacial score (nSPS) is 12.8. The molecule has 2 aromatic carbocycles. The number of nitrogens with one attached hydrogen (secondary N) is 1. The molecular formula is C26H36ClN3O6S. The molecule has 11 heteroatoms. The maximum Gasteiger partial charge on any atom is 0.244 e. The van der Waals surface area contributed by atoms with Gasteiger partial charge in [-0.2, -0.15) is 0 Å². The number of halogens is 1. The van der Waals surface area contributed by atoms with Crippen molar-refractivity contribution in [2.24, 2.45) is 0 Å². The lowest BCUT2D eigenvalue weighted by atomic mass is 10.1. The average Bonchev–Trinajstić information content (AvgIpc) is 2.86. The molecule has 204 valence electrons. The Kier molecular flexibility index (Phi) is 11.1. The molecule has 0 bridgehead atoms. The van der Waals surface area contributed by atoms with Crippen LogP contribution in [-0.2, 0) is 26.2 Å². The van der Waals surface area contributed by atoms with Crippen LogP contribution in [0.3, 0.4) is 0 Å². The van der Waals surface area contributed by atoms with E-state index in [4.69, 9.17) is 21.1 Å². The van der Waals surface area contributed by atoms with E-state index in [-0.39, 0.29) is 29.9 Å². The minimum atomic E-state index is -3.92. The first kappa shape index (κ1) is 30.2. The second-order valence-electron chi connectivity index (χ2n) is 8.66. The molecule has 0 unspecified atom stereocenters. The molecule has 0 aliphatic heterocycles. The lowest BCUT2D eigenvalue weighted by Crippen LogP contribution is -2.53. The number of ether oxygens (including phenoxy) is 2. The average molecular weight is 554 g/mol. The fourth-order valence-electron chi connectivity index (χ4n) is 3.76. The Morgan fingerprint density at radius 2 is 1.73 bits per heavy atom. The Labute approximate surface area is 224 Å². The molecule has 0 aromatic heterocycles. The quantitative estimate of drug-likeness (QED) is 0.404. The first-order valence-electron chi connectivity index (χ1n) is 12.0. The van der Waals surface area contributed by atoms with Crippen LogP contribution < -0.4 is 19.1 Å². The van der Waals surface area contributed by atoms with Crippen LogP contribution >= 0.6 is 11.6 Å². The van der Waals surface area contributed by atoms with E-state index in [0.29, 0.717) is 22.8 Å². The summed E-state index contributed by atoms with van der Waals surface area (Å²) >= 11 is 6.38. The first-order chi connectivity index (χ1) is 17.5. The fourth-order valence-corrected chi connectivity index (χ4v) is 4.81. The first-order valence-corrected chi connectivity index (χ1v) is 14.2. The Morgan fingerprint density at radius 3 is 2.27 bits per heavy atom. The molecule has 0 heterocycles. The van der Waals surface area contributed by atoms with Crippen LogP contribution in [0.25, 0.3) is 0 Å². The van der Waals surface area contributed by atoms with Gasteiger partial charge in [-0.3, -0.25) is 13.9 Å². The maximum atomic E-state index is 13.8. The summed E-state index contributed by atoms with van der Waals surface area (Å²) in [7, 11) is -1.04. The van der Waals surface area contributed by atoms with Crippen LogP contribution in [0.1, 0.15) is 39.2 Å². The van der Waals surface area contributed by atoms with Crippen molar-refractivity contribution in [2.75, 3.05) is 31.3 Å². The van der Waals surface area contributed by atoms with E-state index >= 15 is 0 Å². The van der Waals surface area contributed by atoms with E-state index in [1.54, 1.807) is 37.3 Å². The van der Waals surface area contributed by atoms with E-state index in [9.17, 15) is 18.0 Å². The number of amides is 2. The highest BCUT2D eigenvalue weighted by atomic mass is 35.5. The minimum absolute atomic E-state index is 0.0300. The molecule has 2 atom stereocenters. The van der Waals surface area contributed by atoms with Crippen molar-refractivity contribution in [3.8, 4) is 11.5 Å². The monoisotopic (exact) mass is 553 g/mol. The van der Waals surface area contributed by atoms with Crippen LogP contribution in [0.5, 0.6) is 11.5 Å². The zero-order valence-electron chi connectivity index (χ0n) is 22.2. The highest BCUT2D eigenvalue weighted by Crippen LogP contribution is 2.34. The number of anilines is 1. The van der Waals surface area contributed by atoms with Crippen LogP contribution in [0, 0.1) is 0 Å². The van der Waals surface area contributed by atoms with Gasteiger partial charge >= 0.3 is 0 Å². The van der Waals surface area contributed by atoms with E-state index in [1.165, 1.54) is 31.3 Å². The maximum absolute atomic E-state index is 13.8. The molecule has 0 aliphatic rings. The molecule has 0 spiro atoms. The molecule has 1 N–H and O–H groups in total. The lowest BCUT2D eigenvalue weighted by Gasteiger charge is -2.33. The van der Waals surface area contributed by atoms with Crippen molar-refractivity contribution >= 4 is 39.1 Å². The molecule has 0 aliphatic carbocycles. The van der Waals surface area contributed by atoms with Gasteiger partial charge in [0.25, 0.3) is 0 Å². The molecule has 37 heavy (non-hydrogen) atoms. The summed E-state index contributed by atoms with van der Waals surface area (Å²) in [4.78, 5) is 28.4. The highest BCUT2D eigenvalue weighted by molar-refractivity contribution is 7.92. The third-order valence-corrected chi connectivity index (χ3v) is 7.52. The van der Waals surface area contributed by atoms with Crippen LogP contribution in [0.4, 0.5) is 5.69 Å². The second-order valence-corrected chi connectivity index (χ2v) is 11.0. The van der Waals surface area contributed by atoms with Gasteiger partial charge in [0.05, 0.1) is 26.2 Å². The second kappa shape index (κ2) is 13.5. The third kappa shape index (κ3) is 8.00. The summed E-state index contributed by atoms with van der Waals surface area (Å²) in [5, 5.41) is 3.37. The van der Waals surface area contributed by atoms with Gasteiger partial charge in [-0.15, -0.1) is 0 Å². The van der Waals surface area contributed by atoms with Crippen molar-refractivity contribution in [2.45, 2.75) is 52.2 Å². The molecule has 2 aromatic rings. The number of hydrogen-bond acceptors (Lipinski definition) is 6. The molecular weight excluding hydrogens is 518 g/mol. The Balaban J connectivity index is 2.52. The van der Waals surface area contributed by atoms with Crippen molar-refractivity contribution in [1.29, 1.82) is 0 Å². The van der Waals surface area contributed by atoms with E-state index in [1.807, 2.05) is 13.8 Å². The predicted molar refractivity (Wildman–Crippen MR) is 146 cm³/mol. The van der Waals surface area contributed by atoms with Crippen molar-refractivity contribution in [3.05, 3.63) is 53.1 Å².